The fraction of sp³-hybridized carbons (Fsp3) is 0. The van der Waals surface area contributed by atoms with Gasteiger partial charge in [0.15, 0.2) is 5.94 Å². The lowest BCUT2D eigenvalue weighted by atomic mass is 10.1. The van der Waals surface area contributed by atoms with Gasteiger partial charge in [0, 0.05) is 10.4 Å². The fourth-order valence-corrected chi connectivity index (χ4v) is 2.82. The number of anilines is 1. The van der Waals surface area contributed by atoms with Crippen LogP contribution in [0.25, 0.3) is 15.9 Å². The molecule has 3 rings (SSSR count). The van der Waals surface area contributed by atoms with Crippen LogP contribution in [0.2, 0.25) is 10.0 Å². The molecule has 0 unspecified atom stereocenters. The number of benzene rings is 1. The summed E-state index contributed by atoms with van der Waals surface area (Å²) < 4.78 is 0. The predicted molar refractivity (Wildman–Crippen MR) is 75.0 cm³/mol. The van der Waals surface area contributed by atoms with Gasteiger partial charge in [-0.2, -0.15) is 0 Å². The summed E-state index contributed by atoms with van der Waals surface area (Å²) in [7, 11) is 0. The Kier molecular flexibility index (Phi) is 2.65. The van der Waals surface area contributed by atoms with Gasteiger partial charge in [-0.05, 0) is 18.2 Å². The normalized spacial score (nSPS) is 13.9. The van der Waals surface area contributed by atoms with E-state index in [0.29, 0.717) is 26.5 Å². The van der Waals surface area contributed by atoms with Crippen molar-refractivity contribution in [3.63, 3.8) is 0 Å². The second kappa shape index (κ2) is 4.08. The molecule has 0 spiro atoms. The highest BCUT2D eigenvalue weighted by atomic mass is 35.5. The number of hydrogen-bond acceptors (Lipinski definition) is 2. The van der Waals surface area contributed by atoms with Gasteiger partial charge >= 0.3 is 0 Å². The third kappa shape index (κ3) is 1.64. The Morgan fingerprint density at radius 2 is 1.94 bits per heavy atom. The molecule has 1 aliphatic rings. The minimum absolute atomic E-state index is 0.263. The van der Waals surface area contributed by atoms with Crippen molar-refractivity contribution >= 4 is 62.4 Å². The molecule has 18 heavy (non-hydrogen) atoms. The Morgan fingerprint density at radius 1 is 1.17 bits per heavy atom. The Bertz CT molecular complexity index is 754. The van der Waals surface area contributed by atoms with Crippen molar-refractivity contribution < 1.29 is 4.79 Å². The van der Waals surface area contributed by atoms with Gasteiger partial charge in [0.25, 0.3) is 0 Å². The molecule has 90 valence electrons. The van der Waals surface area contributed by atoms with Crippen LogP contribution >= 0.6 is 34.8 Å². The molecule has 1 aliphatic heterocycles. The van der Waals surface area contributed by atoms with Gasteiger partial charge in [-0.15, -0.1) is 0 Å². The molecule has 6 heteroatoms. The molecule has 1 aromatic heterocycles. The van der Waals surface area contributed by atoms with Crippen LogP contribution in [0.3, 0.4) is 0 Å². The summed E-state index contributed by atoms with van der Waals surface area (Å²) in [5.74, 6) is 1.77. The van der Waals surface area contributed by atoms with E-state index in [-0.39, 0.29) is 5.70 Å². The van der Waals surface area contributed by atoms with Crippen LogP contribution in [0, 0.1) is 0 Å². The first-order valence-electron chi connectivity index (χ1n) is 5.00. The molecule has 0 atom stereocenters. The number of nitrogens with one attached hydrogen (secondary N) is 2. The van der Waals surface area contributed by atoms with Gasteiger partial charge in [0.1, 0.15) is 5.70 Å². The second-order valence-corrected chi connectivity index (χ2v) is 5.07. The summed E-state index contributed by atoms with van der Waals surface area (Å²) in [5, 5.41) is 5.11. The summed E-state index contributed by atoms with van der Waals surface area (Å²) in [4.78, 5) is 13.8. The lowest BCUT2D eigenvalue weighted by Crippen LogP contribution is -2.04. The van der Waals surface area contributed by atoms with E-state index in [1.807, 2.05) is 0 Å². The van der Waals surface area contributed by atoms with E-state index in [1.165, 1.54) is 6.08 Å². The minimum atomic E-state index is 0.263. The molecule has 0 saturated carbocycles. The molecule has 0 radical (unpaired) electrons. The van der Waals surface area contributed by atoms with E-state index >= 15 is 0 Å². The lowest BCUT2D eigenvalue weighted by Gasteiger charge is -2.12. The first kappa shape index (κ1) is 11.7. The number of aromatic nitrogens is 1. The molecular weight excluding hydrogens is 295 g/mol. The Hall–Kier alpha value is -1.38. The number of H-pyrrole nitrogens is 1. The van der Waals surface area contributed by atoms with Gasteiger partial charge in [-0.3, -0.25) is 0 Å². The highest BCUT2D eigenvalue weighted by molar-refractivity contribution is 6.50. The van der Waals surface area contributed by atoms with Crippen LogP contribution < -0.4 is 5.32 Å². The topological polar surface area (TPSA) is 44.9 Å². The molecule has 2 N–H and O–H groups in total. The average Bonchev–Trinajstić information content (AvgIpc) is 2.67. The third-order valence-corrected chi connectivity index (χ3v) is 3.51. The zero-order chi connectivity index (χ0) is 12.9. The molecule has 2 heterocycles. The monoisotopic (exact) mass is 298 g/mol. The van der Waals surface area contributed by atoms with E-state index in [9.17, 15) is 4.79 Å². The lowest BCUT2D eigenvalue weighted by molar-refractivity contribution is 0.568. The first-order chi connectivity index (χ1) is 8.60. The van der Waals surface area contributed by atoms with Crippen LogP contribution in [0.1, 0.15) is 5.69 Å². The van der Waals surface area contributed by atoms with Gasteiger partial charge in [0.05, 0.1) is 27.0 Å². The van der Waals surface area contributed by atoms with E-state index in [1.54, 1.807) is 18.1 Å². The number of hydrogen-bond donors (Lipinski definition) is 2. The molecule has 2 aromatic rings. The fourth-order valence-electron chi connectivity index (χ4n) is 1.98. The van der Waals surface area contributed by atoms with Crippen molar-refractivity contribution in [3.05, 3.63) is 39.6 Å². The highest BCUT2D eigenvalue weighted by Gasteiger charge is 2.21. The van der Waals surface area contributed by atoms with Crippen LogP contribution in [-0.4, -0.2) is 10.9 Å². The summed E-state index contributed by atoms with van der Waals surface area (Å²) in [6.45, 7) is 0. The molecule has 3 nitrogen and oxygen atoms in total. The van der Waals surface area contributed by atoms with Crippen molar-refractivity contribution in [2.24, 2.45) is 0 Å². The molecule has 0 fully saturated rings. The molecule has 0 bridgehead atoms. The maximum Gasteiger partial charge on any atom is 0.150 e. The van der Waals surface area contributed by atoms with E-state index in [4.69, 9.17) is 34.8 Å². The van der Waals surface area contributed by atoms with E-state index < -0.39 is 0 Å². The minimum Gasteiger partial charge on any atom is -0.352 e. The summed E-state index contributed by atoms with van der Waals surface area (Å²) in [6.07, 6.45) is 1.50. The first-order valence-corrected chi connectivity index (χ1v) is 6.14. The zero-order valence-corrected chi connectivity index (χ0v) is 11.0. The number of fused-ring (bicyclic) bond motifs is 3. The number of allylic oxidation sites excluding steroid dienone is 1. The van der Waals surface area contributed by atoms with Crippen molar-refractivity contribution in [2.75, 3.05) is 5.32 Å². The Labute approximate surface area is 117 Å². The quantitative estimate of drug-likeness (QED) is 0.716. The number of aromatic amines is 1. The summed E-state index contributed by atoms with van der Waals surface area (Å²) in [5.41, 5.74) is 2.36. The smallest absolute Gasteiger partial charge is 0.150 e. The van der Waals surface area contributed by atoms with Gasteiger partial charge in [0.2, 0.25) is 0 Å². The number of halogens is 3. The van der Waals surface area contributed by atoms with Gasteiger partial charge < -0.3 is 10.3 Å². The Morgan fingerprint density at radius 3 is 2.67 bits per heavy atom. The standard InChI is InChI=1S/C12H5Cl3N2O/c13-5-1-7(14)10-9(2-5)17-11-8(15)3-6(4-18)16-12(10)11/h1-3,16-17H. The maximum atomic E-state index is 10.7. The second-order valence-electron chi connectivity index (χ2n) is 3.82. The van der Waals surface area contributed by atoms with Crippen LogP contribution in [0.4, 0.5) is 5.69 Å². The van der Waals surface area contributed by atoms with Crippen LogP contribution in [-0.2, 0) is 4.79 Å². The molecule has 1 aromatic carbocycles. The highest BCUT2D eigenvalue weighted by Crippen LogP contribution is 2.42. The maximum absolute atomic E-state index is 10.7. The van der Waals surface area contributed by atoms with Crippen molar-refractivity contribution in [1.82, 2.24) is 4.98 Å². The summed E-state index contributed by atoms with van der Waals surface area (Å²) in [6, 6.07) is 3.38. The molecule has 0 saturated heterocycles. The molecule has 0 aliphatic carbocycles. The van der Waals surface area contributed by atoms with E-state index in [0.717, 1.165) is 10.9 Å². The summed E-state index contributed by atoms with van der Waals surface area (Å²) >= 11 is 18.2. The largest absolute Gasteiger partial charge is 0.352 e. The third-order valence-electron chi connectivity index (χ3n) is 2.69. The zero-order valence-electron chi connectivity index (χ0n) is 8.77. The average molecular weight is 300 g/mol. The van der Waals surface area contributed by atoms with E-state index in [2.05, 4.69) is 10.3 Å². The van der Waals surface area contributed by atoms with Crippen molar-refractivity contribution in [1.29, 1.82) is 0 Å². The predicted octanol–water partition coefficient (Wildman–Crippen LogP) is 4.20. The van der Waals surface area contributed by atoms with Crippen LogP contribution in [0.5, 0.6) is 0 Å². The van der Waals surface area contributed by atoms with Crippen molar-refractivity contribution in [3.8, 4) is 0 Å². The van der Waals surface area contributed by atoms with Gasteiger partial charge in [-0.1, -0.05) is 34.8 Å². The van der Waals surface area contributed by atoms with Crippen LogP contribution in [0.15, 0.2) is 23.9 Å². The van der Waals surface area contributed by atoms with Crippen molar-refractivity contribution in [2.45, 2.75) is 0 Å². The molecular formula is C12H5Cl3N2O. The SMILES string of the molecule is O=C=C1C=C(Cl)c2[nH]c3cc(Cl)cc(Cl)c3c2N1. The Balaban J connectivity index is 2.40. The molecule has 0 amide bonds. The number of rotatable bonds is 0. The van der Waals surface area contributed by atoms with Gasteiger partial charge in [-0.25, -0.2) is 4.79 Å². The number of carbonyl (C=O) groups excluding carboxylic acids is 1.